The monoisotopic (exact) mass is 420 g/mol. The van der Waals surface area contributed by atoms with Crippen LogP contribution in [0.2, 0.25) is 0 Å². The smallest absolute Gasteiger partial charge is 0.387 e. The summed E-state index contributed by atoms with van der Waals surface area (Å²) >= 11 is 0. The molecule has 4 aromatic rings. The molecule has 2 aromatic carbocycles. The number of aromatic hydroxyl groups is 1. The fourth-order valence-electron chi connectivity index (χ4n) is 3.25. The average Bonchev–Trinajstić information content (AvgIpc) is 3.36. The maximum atomic E-state index is 12.5. The topological polar surface area (TPSA) is 139 Å². The number of ketones is 2. The van der Waals surface area contributed by atoms with Crippen LogP contribution in [-0.4, -0.2) is 45.2 Å². The normalized spacial score (nSPS) is 10.9. The van der Waals surface area contributed by atoms with Crippen molar-refractivity contribution in [3.63, 3.8) is 0 Å². The number of carbonyl (C=O) groups is 4. The summed E-state index contributed by atoms with van der Waals surface area (Å²) in [6, 6.07) is 9.08. The third kappa shape index (κ3) is 3.64. The average molecular weight is 420 g/mol. The first-order chi connectivity index (χ1) is 14.9. The summed E-state index contributed by atoms with van der Waals surface area (Å²) in [5, 5.41) is 10.3. The quantitative estimate of drug-likeness (QED) is 0.189. The van der Waals surface area contributed by atoms with Crippen molar-refractivity contribution in [3.8, 4) is 11.5 Å². The molecular weight excluding hydrogens is 404 g/mol. The molecule has 9 heteroatoms. The second-order valence-corrected chi connectivity index (χ2v) is 6.61. The van der Waals surface area contributed by atoms with Gasteiger partial charge in [-0.15, -0.1) is 0 Å². The van der Waals surface area contributed by atoms with Crippen LogP contribution in [0.25, 0.3) is 21.8 Å². The lowest BCUT2D eigenvalue weighted by Gasteiger charge is -2.03. The molecule has 0 bridgehead atoms. The summed E-state index contributed by atoms with van der Waals surface area (Å²) in [6.45, 7) is 2.31. The number of ether oxygens (including phenoxy) is 2. The Morgan fingerprint density at radius 3 is 1.97 bits per heavy atom. The van der Waals surface area contributed by atoms with Crippen LogP contribution in [0.15, 0.2) is 48.8 Å². The lowest BCUT2D eigenvalue weighted by molar-refractivity contribution is -0.152. The summed E-state index contributed by atoms with van der Waals surface area (Å²) in [5.74, 6) is -4.55. The Balaban J connectivity index is 1.52. The number of carbonyl (C=O) groups excluding carboxylic acids is 4. The Hall–Kier alpha value is -4.40. The van der Waals surface area contributed by atoms with Gasteiger partial charge in [-0.05, 0) is 31.2 Å². The zero-order valence-corrected chi connectivity index (χ0v) is 16.2. The zero-order chi connectivity index (χ0) is 22.1. The van der Waals surface area contributed by atoms with Crippen LogP contribution >= 0.6 is 0 Å². The first-order valence-electron chi connectivity index (χ1n) is 9.28. The molecule has 0 atom stereocenters. The van der Waals surface area contributed by atoms with Gasteiger partial charge in [0.25, 0.3) is 11.6 Å². The highest BCUT2D eigenvalue weighted by molar-refractivity contribution is 6.50. The molecule has 0 saturated heterocycles. The lowest BCUT2D eigenvalue weighted by atomic mass is 10.1. The Morgan fingerprint density at radius 2 is 1.39 bits per heavy atom. The number of phenols is 1. The van der Waals surface area contributed by atoms with Crippen LogP contribution in [0.3, 0.4) is 0 Å². The summed E-state index contributed by atoms with van der Waals surface area (Å²) in [7, 11) is 0. The highest BCUT2D eigenvalue weighted by Gasteiger charge is 2.29. The first kappa shape index (κ1) is 19.9. The first-order valence-corrected chi connectivity index (χ1v) is 9.28. The minimum absolute atomic E-state index is 0.00543. The van der Waals surface area contributed by atoms with Crippen LogP contribution in [0.4, 0.5) is 0 Å². The van der Waals surface area contributed by atoms with Crippen LogP contribution in [0.1, 0.15) is 27.6 Å². The zero-order valence-electron chi connectivity index (χ0n) is 16.2. The predicted octanol–water partition coefficient (Wildman–Crippen LogP) is 2.89. The molecule has 0 spiro atoms. The van der Waals surface area contributed by atoms with E-state index >= 15 is 0 Å². The van der Waals surface area contributed by atoms with E-state index in [0.29, 0.717) is 34.2 Å². The van der Waals surface area contributed by atoms with Gasteiger partial charge in [0.1, 0.15) is 11.5 Å². The van der Waals surface area contributed by atoms with E-state index in [4.69, 9.17) is 4.74 Å². The van der Waals surface area contributed by atoms with Gasteiger partial charge in [0.2, 0.25) is 0 Å². The van der Waals surface area contributed by atoms with Crippen LogP contribution in [-0.2, 0) is 14.3 Å². The minimum Gasteiger partial charge on any atom is -0.508 e. The van der Waals surface area contributed by atoms with Crippen molar-refractivity contribution < 1.29 is 33.8 Å². The van der Waals surface area contributed by atoms with E-state index in [1.54, 1.807) is 18.2 Å². The van der Waals surface area contributed by atoms with Gasteiger partial charge in [0.15, 0.2) is 0 Å². The number of hydrogen-bond acceptors (Lipinski definition) is 7. The van der Waals surface area contributed by atoms with Gasteiger partial charge in [0.05, 0.1) is 17.7 Å². The van der Waals surface area contributed by atoms with Gasteiger partial charge in [-0.25, -0.2) is 9.59 Å². The van der Waals surface area contributed by atoms with Gasteiger partial charge in [-0.2, -0.15) is 0 Å². The Labute approximate surface area is 174 Å². The number of hydrogen-bond donors (Lipinski definition) is 3. The number of nitrogens with one attached hydrogen (secondary N) is 2. The van der Waals surface area contributed by atoms with Crippen molar-refractivity contribution in [2.75, 3.05) is 6.61 Å². The molecule has 9 nitrogen and oxygen atoms in total. The number of Topliss-reactive ketones (excluding diaryl/α,β-unsaturated/α-hetero) is 2. The Bertz CT molecular complexity index is 1360. The highest BCUT2D eigenvalue weighted by Crippen LogP contribution is 2.25. The molecule has 0 saturated carbocycles. The molecule has 0 aliphatic carbocycles. The second kappa shape index (κ2) is 7.79. The molecular formula is C22H16N2O7. The number of rotatable bonds is 6. The van der Waals surface area contributed by atoms with E-state index in [9.17, 15) is 24.3 Å². The van der Waals surface area contributed by atoms with Crippen LogP contribution in [0, 0.1) is 0 Å². The molecule has 0 unspecified atom stereocenters. The molecule has 0 aliphatic heterocycles. The largest absolute Gasteiger partial charge is 0.508 e. The summed E-state index contributed by atoms with van der Waals surface area (Å²) in [5.41, 5.74) is 0.942. The van der Waals surface area contributed by atoms with Gasteiger partial charge >= 0.3 is 11.9 Å². The molecule has 0 aliphatic rings. The van der Waals surface area contributed by atoms with Gasteiger partial charge in [-0.1, -0.05) is 0 Å². The van der Waals surface area contributed by atoms with E-state index in [-0.39, 0.29) is 16.9 Å². The fraction of sp³-hybridized carbons (Fsp3) is 0.0909. The minimum atomic E-state index is -1.48. The lowest BCUT2D eigenvalue weighted by Crippen LogP contribution is -2.26. The molecule has 0 fully saturated rings. The van der Waals surface area contributed by atoms with Crippen molar-refractivity contribution in [1.82, 2.24) is 9.97 Å². The molecule has 2 aromatic heterocycles. The Kier molecular flexibility index (Phi) is 5.00. The summed E-state index contributed by atoms with van der Waals surface area (Å²) in [4.78, 5) is 54.9. The van der Waals surface area contributed by atoms with Gasteiger partial charge < -0.3 is 24.5 Å². The number of aromatic amines is 2. The van der Waals surface area contributed by atoms with Crippen molar-refractivity contribution in [2.24, 2.45) is 0 Å². The van der Waals surface area contributed by atoms with Crippen molar-refractivity contribution in [1.29, 1.82) is 0 Å². The third-order valence-electron chi connectivity index (χ3n) is 4.67. The number of phenolic OH excluding ortho intramolecular Hbond substituents is 1. The predicted molar refractivity (Wildman–Crippen MR) is 109 cm³/mol. The molecule has 0 amide bonds. The van der Waals surface area contributed by atoms with E-state index in [1.807, 2.05) is 6.92 Å². The molecule has 31 heavy (non-hydrogen) atoms. The number of benzene rings is 2. The van der Waals surface area contributed by atoms with E-state index in [0.717, 1.165) is 0 Å². The van der Waals surface area contributed by atoms with E-state index < -0.39 is 23.5 Å². The SMILES string of the molecule is CCOc1ccc2c(C(=O)C(=O)OC(=O)C(=O)c3c[nH]c4cc(O)ccc34)c[nH]c2c1. The molecule has 2 heterocycles. The number of esters is 2. The second-order valence-electron chi connectivity index (χ2n) is 6.61. The van der Waals surface area contributed by atoms with Crippen molar-refractivity contribution in [2.45, 2.75) is 6.92 Å². The summed E-state index contributed by atoms with van der Waals surface area (Å²) in [6.07, 6.45) is 2.58. The molecule has 3 N–H and O–H groups in total. The number of fused-ring (bicyclic) bond motifs is 2. The number of aromatic nitrogens is 2. The van der Waals surface area contributed by atoms with Gasteiger partial charge in [0, 0.05) is 46.3 Å². The molecule has 156 valence electrons. The Morgan fingerprint density at radius 1 is 0.839 bits per heavy atom. The standard InChI is InChI=1S/C22H16N2O7/c1-2-30-12-4-6-14-16(10-24-18(14)8-12)20(27)22(29)31-21(28)19(26)15-9-23-17-7-11(25)3-5-13(15)17/h3-10,23-25H,2H2,1H3. The van der Waals surface area contributed by atoms with Crippen LogP contribution in [0.5, 0.6) is 11.5 Å². The number of H-pyrrole nitrogens is 2. The van der Waals surface area contributed by atoms with E-state index in [2.05, 4.69) is 14.7 Å². The van der Waals surface area contributed by atoms with Crippen LogP contribution < -0.4 is 4.74 Å². The summed E-state index contributed by atoms with van der Waals surface area (Å²) < 4.78 is 9.91. The maximum Gasteiger partial charge on any atom is 0.387 e. The van der Waals surface area contributed by atoms with Crippen molar-refractivity contribution in [3.05, 3.63) is 59.9 Å². The van der Waals surface area contributed by atoms with E-state index in [1.165, 1.54) is 30.6 Å². The highest BCUT2D eigenvalue weighted by atomic mass is 16.6. The van der Waals surface area contributed by atoms with Gasteiger partial charge in [-0.3, -0.25) is 9.59 Å². The molecule has 0 radical (unpaired) electrons. The van der Waals surface area contributed by atoms with Crippen molar-refractivity contribution >= 4 is 45.3 Å². The third-order valence-corrected chi connectivity index (χ3v) is 4.67. The molecule has 4 rings (SSSR count). The maximum absolute atomic E-state index is 12.5. The fourth-order valence-corrected chi connectivity index (χ4v) is 3.25.